The van der Waals surface area contributed by atoms with Crippen molar-refractivity contribution >= 4 is 72.8 Å². The van der Waals surface area contributed by atoms with Crippen LogP contribution in [0.3, 0.4) is 0 Å². The van der Waals surface area contributed by atoms with Gasteiger partial charge in [0.05, 0.1) is 14.2 Å². The molecule has 0 saturated carbocycles. The lowest BCUT2D eigenvalue weighted by molar-refractivity contribution is -0.151. The van der Waals surface area contributed by atoms with E-state index in [1.165, 1.54) is 53.5 Å². The smallest absolute Gasteiger partial charge is 0.345 e. The van der Waals surface area contributed by atoms with E-state index in [9.17, 15) is 9.59 Å². The zero-order chi connectivity index (χ0) is 11.3. The lowest BCUT2D eigenvalue weighted by atomic mass is 10.4. The van der Waals surface area contributed by atoms with E-state index in [4.69, 9.17) is 0 Å². The van der Waals surface area contributed by atoms with Gasteiger partial charge >= 0.3 is 11.9 Å². The molecule has 1 fully saturated rings. The summed E-state index contributed by atoms with van der Waals surface area (Å²) in [7, 11) is 10.5. The Morgan fingerprint density at radius 2 is 1.27 bits per heavy atom. The highest BCUT2D eigenvalue weighted by Crippen LogP contribution is 2.66. The third-order valence-electron chi connectivity index (χ3n) is 1.29. The highest BCUT2D eigenvalue weighted by atomic mass is 33.9. The first kappa shape index (κ1) is 14.1. The maximum atomic E-state index is 11.6. The molecule has 1 aliphatic heterocycles. The van der Waals surface area contributed by atoms with Crippen molar-refractivity contribution in [3.05, 3.63) is 0 Å². The summed E-state index contributed by atoms with van der Waals surface area (Å²) in [6, 6.07) is 0. The SMILES string of the molecule is COC(=O)C1(C(=O)OC)SSSSSS1. The summed E-state index contributed by atoms with van der Waals surface area (Å²) < 4.78 is 7.97. The van der Waals surface area contributed by atoms with E-state index >= 15 is 0 Å². The van der Waals surface area contributed by atoms with Crippen molar-refractivity contribution in [2.24, 2.45) is 0 Å². The lowest BCUT2D eigenvalue weighted by Crippen LogP contribution is -2.40. The van der Waals surface area contributed by atoms with Crippen molar-refractivity contribution in [2.45, 2.75) is 4.08 Å². The zero-order valence-corrected chi connectivity index (χ0v) is 12.5. The summed E-state index contributed by atoms with van der Waals surface area (Å²) in [6.45, 7) is 0. The average molecular weight is 323 g/mol. The normalized spacial score (nSPS) is 20.1. The predicted molar refractivity (Wildman–Crippen MR) is 72.3 cm³/mol. The molecule has 86 valence electrons. The van der Waals surface area contributed by atoms with Gasteiger partial charge in [-0.2, -0.15) is 0 Å². The molecule has 15 heavy (non-hydrogen) atoms. The Morgan fingerprint density at radius 1 is 0.867 bits per heavy atom. The van der Waals surface area contributed by atoms with Crippen molar-refractivity contribution in [1.29, 1.82) is 0 Å². The molecule has 0 radical (unpaired) electrons. The molecule has 1 rings (SSSR count). The first-order chi connectivity index (χ1) is 7.17. The molecule has 1 heterocycles. The number of methoxy groups -OCH3 is 2. The Kier molecular flexibility index (Phi) is 6.30. The largest absolute Gasteiger partial charge is 0.467 e. The monoisotopic (exact) mass is 322 g/mol. The fourth-order valence-electron chi connectivity index (χ4n) is 0.648. The van der Waals surface area contributed by atoms with Crippen LogP contribution < -0.4 is 0 Å². The van der Waals surface area contributed by atoms with E-state index in [0.29, 0.717) is 0 Å². The van der Waals surface area contributed by atoms with Crippen molar-refractivity contribution in [3.63, 3.8) is 0 Å². The highest BCUT2D eigenvalue weighted by molar-refractivity contribution is 9.44. The minimum absolute atomic E-state index is 0.590. The maximum absolute atomic E-state index is 11.6. The number of hydrogen-bond acceptors (Lipinski definition) is 10. The molecular formula is C5H6O4S6. The minimum Gasteiger partial charge on any atom is -0.467 e. The molecule has 0 N–H and O–H groups in total. The van der Waals surface area contributed by atoms with Gasteiger partial charge in [-0.05, 0) is 60.9 Å². The predicted octanol–water partition coefficient (Wildman–Crippen LogP) is 3.02. The zero-order valence-electron chi connectivity index (χ0n) is 7.58. The maximum Gasteiger partial charge on any atom is 0.345 e. The van der Waals surface area contributed by atoms with Crippen molar-refractivity contribution in [3.8, 4) is 0 Å². The molecule has 1 aliphatic rings. The Labute approximate surface area is 109 Å². The molecule has 10 heteroatoms. The van der Waals surface area contributed by atoms with E-state index in [2.05, 4.69) is 9.47 Å². The van der Waals surface area contributed by atoms with Crippen LogP contribution in [0, 0.1) is 0 Å². The number of rotatable bonds is 2. The minimum atomic E-state index is -1.32. The van der Waals surface area contributed by atoms with E-state index in [1.807, 2.05) is 0 Å². The first-order valence-corrected chi connectivity index (χ1v) is 10.9. The molecule has 0 aromatic rings. The average Bonchev–Trinajstić information content (AvgIpc) is 2.53. The van der Waals surface area contributed by atoms with Gasteiger partial charge < -0.3 is 9.47 Å². The Hall–Kier alpha value is 1.04. The molecule has 0 aromatic carbocycles. The van der Waals surface area contributed by atoms with Crippen LogP contribution >= 0.6 is 60.9 Å². The number of carbonyl (C=O) groups excluding carboxylic acids is 2. The highest BCUT2D eigenvalue weighted by Gasteiger charge is 2.52. The van der Waals surface area contributed by atoms with Gasteiger partial charge in [-0.3, -0.25) is 0 Å². The van der Waals surface area contributed by atoms with Crippen LogP contribution in [0.25, 0.3) is 0 Å². The second-order valence-electron chi connectivity index (χ2n) is 2.04. The quantitative estimate of drug-likeness (QED) is 0.431. The fraction of sp³-hybridized carbons (Fsp3) is 0.600. The van der Waals surface area contributed by atoms with Gasteiger partial charge in [0.1, 0.15) is 0 Å². The topological polar surface area (TPSA) is 52.6 Å². The van der Waals surface area contributed by atoms with Gasteiger partial charge in [-0.25, -0.2) is 9.59 Å². The molecule has 1 saturated heterocycles. The molecular weight excluding hydrogens is 316 g/mol. The molecule has 0 atom stereocenters. The summed E-state index contributed by atoms with van der Waals surface area (Å²) in [6.07, 6.45) is 0. The van der Waals surface area contributed by atoms with E-state index in [1.54, 1.807) is 0 Å². The molecule has 0 amide bonds. The summed E-state index contributed by atoms with van der Waals surface area (Å²) in [5, 5.41) is 0. The van der Waals surface area contributed by atoms with E-state index < -0.39 is 16.0 Å². The van der Waals surface area contributed by atoms with Crippen molar-refractivity contribution in [1.82, 2.24) is 0 Å². The third kappa shape index (κ3) is 3.25. The van der Waals surface area contributed by atoms with E-state index in [-0.39, 0.29) is 0 Å². The number of esters is 2. The second-order valence-corrected chi connectivity index (χ2v) is 11.9. The molecule has 0 aromatic heterocycles. The van der Waals surface area contributed by atoms with Gasteiger partial charge in [0.15, 0.2) is 0 Å². The van der Waals surface area contributed by atoms with Crippen molar-refractivity contribution in [2.75, 3.05) is 14.2 Å². The molecule has 0 bridgehead atoms. The second kappa shape index (κ2) is 6.70. The molecule has 4 nitrogen and oxygen atoms in total. The Bertz CT molecular complexity index is 232. The summed E-state index contributed by atoms with van der Waals surface area (Å²) in [5.41, 5.74) is 0. The number of hydrogen-bond donors (Lipinski definition) is 0. The van der Waals surface area contributed by atoms with Crippen LogP contribution in [-0.2, 0) is 19.1 Å². The molecule has 0 unspecified atom stereocenters. The van der Waals surface area contributed by atoms with Gasteiger partial charge in [0.2, 0.25) is 0 Å². The summed E-state index contributed by atoms with van der Waals surface area (Å²) in [4.78, 5) is 23.3. The van der Waals surface area contributed by atoms with Gasteiger partial charge in [-0.15, -0.1) is 0 Å². The van der Waals surface area contributed by atoms with Crippen LogP contribution in [-0.4, -0.2) is 30.2 Å². The third-order valence-corrected chi connectivity index (χ3v) is 13.5. The van der Waals surface area contributed by atoms with Crippen LogP contribution in [0.15, 0.2) is 0 Å². The first-order valence-electron chi connectivity index (χ1n) is 3.37. The fourth-order valence-corrected chi connectivity index (χ4v) is 14.9. The Morgan fingerprint density at radius 3 is 1.60 bits per heavy atom. The standard InChI is InChI=1S/C5H6O4S6/c1-8-3(6)5(4(7)9-2)10-12-14-15-13-11-5/h1-2H3. The van der Waals surface area contributed by atoms with Crippen LogP contribution in [0.4, 0.5) is 0 Å². The summed E-state index contributed by atoms with van der Waals surface area (Å²) in [5.74, 6) is -1.18. The summed E-state index contributed by atoms with van der Waals surface area (Å²) >= 11 is 0. The van der Waals surface area contributed by atoms with E-state index in [0.717, 1.165) is 21.6 Å². The lowest BCUT2D eigenvalue weighted by Gasteiger charge is -2.22. The molecule has 0 aliphatic carbocycles. The van der Waals surface area contributed by atoms with Crippen LogP contribution in [0.2, 0.25) is 0 Å². The van der Waals surface area contributed by atoms with Crippen LogP contribution in [0.1, 0.15) is 0 Å². The Balaban J connectivity index is 2.92. The van der Waals surface area contributed by atoms with Crippen LogP contribution in [0.5, 0.6) is 0 Å². The van der Waals surface area contributed by atoms with Crippen molar-refractivity contribution < 1.29 is 19.1 Å². The van der Waals surface area contributed by atoms with Gasteiger partial charge in [-0.1, -0.05) is 0 Å². The number of ether oxygens (including phenoxy) is 2. The van der Waals surface area contributed by atoms with Gasteiger partial charge in [0.25, 0.3) is 4.08 Å². The number of carbonyl (C=O) groups is 2. The van der Waals surface area contributed by atoms with Gasteiger partial charge in [0, 0.05) is 0 Å². The molecule has 0 spiro atoms.